The molecule has 2 aromatic heterocycles. The zero-order valence-corrected chi connectivity index (χ0v) is 9.82. The maximum absolute atomic E-state index is 4.54. The van der Waals surface area contributed by atoms with E-state index in [2.05, 4.69) is 32.7 Å². The van der Waals surface area contributed by atoms with Crippen molar-refractivity contribution in [1.29, 1.82) is 0 Å². The van der Waals surface area contributed by atoms with Crippen molar-refractivity contribution in [3.8, 4) is 0 Å². The minimum absolute atomic E-state index is 0.772. The van der Waals surface area contributed by atoms with E-state index in [0.29, 0.717) is 0 Å². The number of anilines is 1. The molecule has 0 saturated heterocycles. The SMILES string of the molecule is c1ccc2nc(NCCn3ccnn3)ccc2c1. The Morgan fingerprint density at radius 1 is 1.11 bits per heavy atom. The molecule has 1 N–H and O–H groups in total. The summed E-state index contributed by atoms with van der Waals surface area (Å²) >= 11 is 0. The van der Waals surface area contributed by atoms with Gasteiger partial charge in [0.2, 0.25) is 0 Å². The first-order chi connectivity index (χ1) is 8.92. The summed E-state index contributed by atoms with van der Waals surface area (Å²) in [6, 6.07) is 12.1. The molecule has 0 bridgehead atoms. The van der Waals surface area contributed by atoms with Crippen molar-refractivity contribution >= 4 is 16.7 Å². The Hall–Kier alpha value is -2.43. The number of aromatic nitrogens is 4. The number of nitrogens with one attached hydrogen (secondary N) is 1. The van der Waals surface area contributed by atoms with Gasteiger partial charge in [0.15, 0.2) is 0 Å². The number of hydrogen-bond acceptors (Lipinski definition) is 4. The van der Waals surface area contributed by atoms with E-state index in [1.165, 1.54) is 0 Å². The summed E-state index contributed by atoms with van der Waals surface area (Å²) in [5.41, 5.74) is 1.00. The van der Waals surface area contributed by atoms with Crippen LogP contribution in [0.3, 0.4) is 0 Å². The van der Waals surface area contributed by atoms with Crippen molar-refractivity contribution in [2.75, 3.05) is 11.9 Å². The maximum atomic E-state index is 4.54. The van der Waals surface area contributed by atoms with Crippen molar-refractivity contribution in [1.82, 2.24) is 20.0 Å². The summed E-state index contributed by atoms with van der Waals surface area (Å²) in [5.74, 6) is 0.883. The van der Waals surface area contributed by atoms with E-state index in [9.17, 15) is 0 Å². The molecule has 0 unspecified atom stereocenters. The molecule has 0 saturated carbocycles. The number of rotatable bonds is 4. The molecule has 0 aliphatic carbocycles. The lowest BCUT2D eigenvalue weighted by atomic mass is 10.2. The molecule has 90 valence electrons. The van der Waals surface area contributed by atoms with E-state index >= 15 is 0 Å². The second-order valence-electron chi connectivity index (χ2n) is 3.98. The highest BCUT2D eigenvalue weighted by Gasteiger charge is 1.97. The summed E-state index contributed by atoms with van der Waals surface area (Å²) in [7, 11) is 0. The molecule has 0 amide bonds. The fraction of sp³-hybridized carbons (Fsp3) is 0.154. The molecule has 2 heterocycles. The summed E-state index contributed by atoms with van der Waals surface area (Å²) < 4.78 is 1.79. The molecule has 0 aliphatic heterocycles. The Morgan fingerprint density at radius 2 is 2.06 bits per heavy atom. The van der Waals surface area contributed by atoms with Crippen molar-refractivity contribution in [2.24, 2.45) is 0 Å². The highest BCUT2D eigenvalue weighted by Crippen LogP contribution is 2.14. The van der Waals surface area contributed by atoms with E-state index in [4.69, 9.17) is 0 Å². The molecule has 0 aliphatic rings. The van der Waals surface area contributed by atoms with Crippen molar-refractivity contribution in [3.63, 3.8) is 0 Å². The Labute approximate surface area is 104 Å². The van der Waals surface area contributed by atoms with Crippen LogP contribution in [-0.2, 0) is 6.54 Å². The number of pyridine rings is 1. The fourth-order valence-electron chi connectivity index (χ4n) is 1.81. The first-order valence-corrected chi connectivity index (χ1v) is 5.85. The Balaban J connectivity index is 1.67. The van der Waals surface area contributed by atoms with Crippen LogP contribution in [-0.4, -0.2) is 26.5 Å². The van der Waals surface area contributed by atoms with Gasteiger partial charge in [-0.1, -0.05) is 23.4 Å². The standard InChI is InChI=1S/C13H13N5/c1-2-4-12-11(3-1)5-6-13(16-12)14-7-9-18-10-8-15-17-18/h1-6,8,10H,7,9H2,(H,14,16). The normalized spacial score (nSPS) is 10.7. The van der Waals surface area contributed by atoms with E-state index in [1.807, 2.05) is 30.5 Å². The molecule has 3 rings (SSSR count). The summed E-state index contributed by atoms with van der Waals surface area (Å²) in [5, 5.41) is 12.1. The minimum atomic E-state index is 0.772. The van der Waals surface area contributed by atoms with Crippen LogP contribution in [0.1, 0.15) is 0 Å². The monoisotopic (exact) mass is 239 g/mol. The first kappa shape index (κ1) is 10.7. The average molecular weight is 239 g/mol. The zero-order chi connectivity index (χ0) is 12.2. The van der Waals surface area contributed by atoms with Crippen LogP contribution in [0.5, 0.6) is 0 Å². The van der Waals surface area contributed by atoms with Crippen LogP contribution in [0, 0.1) is 0 Å². The molecule has 5 nitrogen and oxygen atoms in total. The van der Waals surface area contributed by atoms with Crippen molar-refractivity contribution in [3.05, 3.63) is 48.8 Å². The third-order valence-corrected chi connectivity index (χ3v) is 2.72. The van der Waals surface area contributed by atoms with Crippen LogP contribution >= 0.6 is 0 Å². The van der Waals surface area contributed by atoms with Crippen LogP contribution in [0.4, 0.5) is 5.82 Å². The Bertz CT molecular complexity index is 633. The van der Waals surface area contributed by atoms with Gasteiger partial charge in [0.25, 0.3) is 0 Å². The second-order valence-corrected chi connectivity index (χ2v) is 3.98. The van der Waals surface area contributed by atoms with Crippen molar-refractivity contribution < 1.29 is 0 Å². The van der Waals surface area contributed by atoms with Gasteiger partial charge in [0, 0.05) is 18.1 Å². The molecular weight excluding hydrogens is 226 g/mol. The lowest BCUT2D eigenvalue weighted by molar-refractivity contribution is 0.608. The number of nitrogens with zero attached hydrogens (tertiary/aromatic N) is 4. The van der Waals surface area contributed by atoms with E-state index < -0.39 is 0 Å². The molecule has 0 atom stereocenters. The summed E-state index contributed by atoms with van der Waals surface area (Å²) in [4.78, 5) is 4.54. The van der Waals surface area contributed by atoms with Gasteiger partial charge >= 0.3 is 0 Å². The van der Waals surface area contributed by atoms with E-state index in [1.54, 1.807) is 10.9 Å². The molecule has 0 fully saturated rings. The fourth-order valence-corrected chi connectivity index (χ4v) is 1.81. The van der Waals surface area contributed by atoms with Crippen LogP contribution in [0.25, 0.3) is 10.9 Å². The smallest absolute Gasteiger partial charge is 0.126 e. The highest BCUT2D eigenvalue weighted by molar-refractivity contribution is 5.79. The topological polar surface area (TPSA) is 55.6 Å². The zero-order valence-electron chi connectivity index (χ0n) is 9.82. The van der Waals surface area contributed by atoms with Gasteiger partial charge in [0.05, 0.1) is 18.3 Å². The van der Waals surface area contributed by atoms with E-state index in [-0.39, 0.29) is 0 Å². The molecule has 0 radical (unpaired) electrons. The van der Waals surface area contributed by atoms with Gasteiger partial charge in [-0.3, -0.25) is 4.68 Å². The summed E-state index contributed by atoms with van der Waals surface area (Å²) in [6.07, 6.45) is 3.52. The maximum Gasteiger partial charge on any atom is 0.126 e. The minimum Gasteiger partial charge on any atom is -0.368 e. The van der Waals surface area contributed by atoms with Gasteiger partial charge in [-0.15, -0.1) is 5.10 Å². The Kier molecular flexibility index (Phi) is 2.87. The molecule has 5 heteroatoms. The first-order valence-electron chi connectivity index (χ1n) is 5.85. The Morgan fingerprint density at radius 3 is 2.94 bits per heavy atom. The molecule has 1 aromatic carbocycles. The second kappa shape index (κ2) is 4.83. The number of hydrogen-bond donors (Lipinski definition) is 1. The third kappa shape index (κ3) is 2.29. The molecule has 18 heavy (non-hydrogen) atoms. The molecule has 0 spiro atoms. The predicted molar refractivity (Wildman–Crippen MR) is 70.3 cm³/mol. The largest absolute Gasteiger partial charge is 0.368 e. The van der Waals surface area contributed by atoms with Crippen LogP contribution in [0.2, 0.25) is 0 Å². The third-order valence-electron chi connectivity index (χ3n) is 2.72. The predicted octanol–water partition coefficient (Wildman–Crippen LogP) is 1.94. The van der Waals surface area contributed by atoms with Gasteiger partial charge in [-0.25, -0.2) is 4.98 Å². The van der Waals surface area contributed by atoms with E-state index in [0.717, 1.165) is 29.8 Å². The molecular formula is C13H13N5. The lowest BCUT2D eigenvalue weighted by Crippen LogP contribution is -2.11. The number of para-hydroxylation sites is 1. The van der Waals surface area contributed by atoms with Gasteiger partial charge in [-0.2, -0.15) is 0 Å². The number of fused-ring (bicyclic) bond motifs is 1. The van der Waals surface area contributed by atoms with Gasteiger partial charge < -0.3 is 5.32 Å². The van der Waals surface area contributed by atoms with Gasteiger partial charge in [-0.05, 0) is 18.2 Å². The molecule has 3 aromatic rings. The average Bonchev–Trinajstić information content (AvgIpc) is 2.92. The highest BCUT2D eigenvalue weighted by atomic mass is 15.4. The van der Waals surface area contributed by atoms with Gasteiger partial charge in [0.1, 0.15) is 5.82 Å². The lowest BCUT2D eigenvalue weighted by Gasteiger charge is -2.06. The van der Waals surface area contributed by atoms with Crippen molar-refractivity contribution in [2.45, 2.75) is 6.54 Å². The summed E-state index contributed by atoms with van der Waals surface area (Å²) in [6.45, 7) is 1.54. The quantitative estimate of drug-likeness (QED) is 0.756. The van der Waals surface area contributed by atoms with Crippen LogP contribution < -0.4 is 5.32 Å². The number of benzene rings is 1. The van der Waals surface area contributed by atoms with Crippen LogP contribution in [0.15, 0.2) is 48.8 Å².